The molecule has 0 spiro atoms. The molecule has 0 aliphatic carbocycles. The maximum Gasteiger partial charge on any atom is 0.149 e. The van der Waals surface area contributed by atoms with Gasteiger partial charge in [-0.3, -0.25) is 0 Å². The number of hydrogen-bond acceptors (Lipinski definition) is 3. The van der Waals surface area contributed by atoms with Gasteiger partial charge in [0, 0.05) is 11.5 Å². The van der Waals surface area contributed by atoms with E-state index in [0.717, 1.165) is 11.0 Å². The van der Waals surface area contributed by atoms with Crippen molar-refractivity contribution in [2.24, 2.45) is 0 Å². The molecule has 0 heterocycles. The molecule has 0 aromatic carbocycles. The molecule has 0 N–H and O–H groups in total. The van der Waals surface area contributed by atoms with Gasteiger partial charge in [0.25, 0.3) is 0 Å². The van der Waals surface area contributed by atoms with Crippen molar-refractivity contribution in [2.45, 2.75) is 0 Å². The zero-order chi connectivity index (χ0) is 6.95. The minimum atomic E-state index is 0.307. The van der Waals surface area contributed by atoms with E-state index in [1.54, 1.807) is 7.11 Å². The molecular weight excluding hydrogens is 235 g/mol. The molecule has 0 aliphatic rings. The van der Waals surface area contributed by atoms with Gasteiger partial charge in [-0.15, -0.1) is 0 Å². The fourth-order valence-electron chi connectivity index (χ4n) is 0.290. The normalized spacial score (nSPS) is 10.0. The van der Waals surface area contributed by atoms with Crippen LogP contribution in [-0.2, 0) is 14.2 Å². The molecular formula is C5H11IO3. The quantitative estimate of drug-likeness (QED) is 0.303. The molecule has 0 radical (unpaired) electrons. The van der Waals surface area contributed by atoms with E-state index in [4.69, 9.17) is 9.47 Å². The summed E-state index contributed by atoms with van der Waals surface area (Å²) in [5, 5.41) is 0. The SMILES string of the molecule is COCOCOCCI. The zero-order valence-corrected chi connectivity index (χ0v) is 7.59. The lowest BCUT2D eigenvalue weighted by Crippen LogP contribution is -2.03. The van der Waals surface area contributed by atoms with Gasteiger partial charge in [0.1, 0.15) is 13.6 Å². The zero-order valence-electron chi connectivity index (χ0n) is 5.43. The number of hydrogen-bond donors (Lipinski definition) is 0. The molecule has 0 aliphatic heterocycles. The lowest BCUT2D eigenvalue weighted by atomic mass is 10.9. The van der Waals surface area contributed by atoms with Crippen LogP contribution in [0, 0.1) is 0 Å². The van der Waals surface area contributed by atoms with Gasteiger partial charge in [0.05, 0.1) is 6.61 Å². The average molecular weight is 246 g/mol. The van der Waals surface area contributed by atoms with Crippen molar-refractivity contribution < 1.29 is 14.2 Å². The van der Waals surface area contributed by atoms with Crippen LogP contribution in [0.15, 0.2) is 0 Å². The van der Waals surface area contributed by atoms with Gasteiger partial charge in [-0.2, -0.15) is 0 Å². The highest BCUT2D eigenvalue weighted by atomic mass is 127. The van der Waals surface area contributed by atoms with Gasteiger partial charge in [-0.05, 0) is 0 Å². The third-order valence-corrected chi connectivity index (χ3v) is 1.03. The number of rotatable bonds is 6. The topological polar surface area (TPSA) is 27.7 Å². The van der Waals surface area contributed by atoms with Gasteiger partial charge >= 0.3 is 0 Å². The van der Waals surface area contributed by atoms with Crippen molar-refractivity contribution in [1.29, 1.82) is 0 Å². The van der Waals surface area contributed by atoms with Crippen LogP contribution in [0.4, 0.5) is 0 Å². The summed E-state index contributed by atoms with van der Waals surface area (Å²) in [7, 11) is 1.58. The minimum Gasteiger partial charge on any atom is -0.359 e. The van der Waals surface area contributed by atoms with Crippen LogP contribution in [0.2, 0.25) is 0 Å². The number of methoxy groups -OCH3 is 1. The Morgan fingerprint density at radius 3 is 2.56 bits per heavy atom. The Kier molecular flexibility index (Phi) is 9.19. The summed E-state index contributed by atoms with van der Waals surface area (Å²) < 4.78 is 15.4. The summed E-state index contributed by atoms with van der Waals surface area (Å²) in [6.45, 7) is 1.38. The Morgan fingerprint density at radius 2 is 2.00 bits per heavy atom. The van der Waals surface area contributed by atoms with Crippen molar-refractivity contribution in [1.82, 2.24) is 0 Å². The molecule has 0 aromatic rings. The molecule has 0 fully saturated rings. The van der Waals surface area contributed by atoms with Crippen molar-refractivity contribution in [3.8, 4) is 0 Å². The number of alkyl halides is 1. The summed E-state index contributed by atoms with van der Waals surface area (Å²) >= 11 is 2.24. The summed E-state index contributed by atoms with van der Waals surface area (Å²) in [6.07, 6.45) is 0. The van der Waals surface area contributed by atoms with Crippen LogP contribution in [0.3, 0.4) is 0 Å². The highest BCUT2D eigenvalue weighted by Gasteiger charge is 1.83. The van der Waals surface area contributed by atoms with E-state index in [0.29, 0.717) is 13.6 Å². The maximum atomic E-state index is 4.98. The van der Waals surface area contributed by atoms with Gasteiger partial charge in [-0.1, -0.05) is 22.6 Å². The smallest absolute Gasteiger partial charge is 0.149 e. The second-order valence-corrected chi connectivity index (χ2v) is 2.40. The maximum absolute atomic E-state index is 4.98. The molecule has 0 saturated carbocycles. The van der Waals surface area contributed by atoms with Crippen molar-refractivity contribution in [3.63, 3.8) is 0 Å². The van der Waals surface area contributed by atoms with Crippen LogP contribution < -0.4 is 0 Å². The van der Waals surface area contributed by atoms with E-state index in [2.05, 4.69) is 27.3 Å². The van der Waals surface area contributed by atoms with E-state index in [1.807, 2.05) is 0 Å². The summed E-state index contributed by atoms with van der Waals surface area (Å²) in [5.41, 5.74) is 0. The highest BCUT2D eigenvalue weighted by Crippen LogP contribution is 1.83. The molecule has 0 amide bonds. The largest absolute Gasteiger partial charge is 0.359 e. The molecule has 0 unspecified atom stereocenters. The first-order valence-electron chi connectivity index (χ1n) is 2.62. The van der Waals surface area contributed by atoms with Crippen LogP contribution >= 0.6 is 22.6 Å². The predicted octanol–water partition coefficient (Wildman–Crippen LogP) is 1.02. The molecule has 56 valence electrons. The lowest BCUT2D eigenvalue weighted by molar-refractivity contribution is -0.117. The Hall–Kier alpha value is 0.610. The van der Waals surface area contributed by atoms with Crippen molar-refractivity contribution in [3.05, 3.63) is 0 Å². The Bertz CT molecular complexity index is 45.5. The van der Waals surface area contributed by atoms with Crippen LogP contribution in [0.25, 0.3) is 0 Å². The van der Waals surface area contributed by atoms with Crippen molar-refractivity contribution >= 4 is 22.6 Å². The monoisotopic (exact) mass is 246 g/mol. The second kappa shape index (κ2) is 8.61. The number of ether oxygens (including phenoxy) is 3. The third-order valence-electron chi connectivity index (χ3n) is 0.589. The van der Waals surface area contributed by atoms with E-state index < -0.39 is 0 Å². The Morgan fingerprint density at radius 1 is 1.22 bits per heavy atom. The molecule has 0 atom stereocenters. The van der Waals surface area contributed by atoms with Gasteiger partial charge in [0.2, 0.25) is 0 Å². The van der Waals surface area contributed by atoms with E-state index in [9.17, 15) is 0 Å². The first kappa shape index (κ1) is 9.61. The predicted molar refractivity (Wildman–Crippen MR) is 42.7 cm³/mol. The van der Waals surface area contributed by atoms with Gasteiger partial charge < -0.3 is 14.2 Å². The van der Waals surface area contributed by atoms with Gasteiger partial charge in [0.15, 0.2) is 0 Å². The first-order chi connectivity index (χ1) is 4.41. The van der Waals surface area contributed by atoms with E-state index in [-0.39, 0.29) is 0 Å². The molecule has 0 rings (SSSR count). The molecule has 9 heavy (non-hydrogen) atoms. The van der Waals surface area contributed by atoms with Crippen LogP contribution in [-0.4, -0.2) is 31.7 Å². The summed E-state index contributed by atoms with van der Waals surface area (Å²) in [4.78, 5) is 0. The lowest BCUT2D eigenvalue weighted by Gasteiger charge is -2.01. The molecule has 4 heteroatoms. The van der Waals surface area contributed by atoms with Gasteiger partial charge in [-0.25, -0.2) is 0 Å². The number of halogens is 1. The van der Waals surface area contributed by atoms with Crippen LogP contribution in [0.5, 0.6) is 0 Å². The highest BCUT2D eigenvalue weighted by molar-refractivity contribution is 14.1. The van der Waals surface area contributed by atoms with E-state index >= 15 is 0 Å². The fraction of sp³-hybridized carbons (Fsp3) is 1.00. The standard InChI is InChI=1S/C5H11IO3/c1-7-4-9-5-8-3-2-6/h2-5H2,1H3. The summed E-state index contributed by atoms with van der Waals surface area (Å²) in [6, 6.07) is 0. The Balaban J connectivity index is 2.60. The molecule has 0 bridgehead atoms. The minimum absolute atomic E-state index is 0.307. The van der Waals surface area contributed by atoms with Crippen LogP contribution in [0.1, 0.15) is 0 Å². The molecule has 0 aromatic heterocycles. The molecule has 3 nitrogen and oxygen atoms in total. The Labute approximate surface area is 68.8 Å². The average Bonchev–Trinajstić information content (AvgIpc) is 1.89. The van der Waals surface area contributed by atoms with E-state index in [1.165, 1.54) is 0 Å². The fourth-order valence-corrected chi connectivity index (χ4v) is 0.601. The second-order valence-electron chi connectivity index (χ2n) is 1.33. The summed E-state index contributed by atoms with van der Waals surface area (Å²) in [5.74, 6) is 0. The third kappa shape index (κ3) is 8.61. The molecule has 0 saturated heterocycles. The van der Waals surface area contributed by atoms with Crippen molar-refractivity contribution in [2.75, 3.05) is 31.7 Å². The first-order valence-corrected chi connectivity index (χ1v) is 4.14.